The molecule has 3 nitrogen and oxygen atoms in total. The Hall–Kier alpha value is -0.570. The summed E-state index contributed by atoms with van der Waals surface area (Å²) in [5.74, 6) is -0.838. The molecule has 0 bridgehead atoms. The van der Waals surface area contributed by atoms with Crippen molar-refractivity contribution in [2.45, 2.75) is 142 Å². The van der Waals surface area contributed by atoms with Gasteiger partial charge in [-0.2, -0.15) is 0 Å². The number of hydrogen-bond acceptors (Lipinski definition) is 2. The van der Waals surface area contributed by atoms with Gasteiger partial charge in [-0.25, -0.2) is 0 Å². The van der Waals surface area contributed by atoms with E-state index in [1.165, 1.54) is 77.0 Å². The van der Waals surface area contributed by atoms with Gasteiger partial charge in [0.1, 0.15) is 11.5 Å². The lowest BCUT2D eigenvalue weighted by Gasteiger charge is -2.32. The van der Waals surface area contributed by atoms with E-state index in [4.69, 9.17) is 0 Å². The summed E-state index contributed by atoms with van der Waals surface area (Å²) in [4.78, 5) is 11.9. The maximum Gasteiger partial charge on any atom is 0.136 e. The monoisotopic (exact) mass is 383 g/mol. The predicted octanol–water partition coefficient (Wildman–Crippen LogP) is 5.12. The van der Waals surface area contributed by atoms with Crippen molar-refractivity contribution in [2.75, 3.05) is 6.54 Å². The fourth-order valence-electron chi connectivity index (χ4n) is 4.16. The first-order valence-electron chi connectivity index (χ1n) is 12.2. The molecule has 0 aliphatic carbocycles. The Morgan fingerprint density at radius 1 is 0.630 bits per heavy atom. The minimum Gasteiger partial charge on any atom is -0.544 e. The molecule has 0 aromatic carbocycles. The van der Waals surface area contributed by atoms with Gasteiger partial charge < -0.3 is 15.2 Å². The molecular formula is C24H49NO2. The Morgan fingerprint density at radius 3 is 1.26 bits per heavy atom. The van der Waals surface area contributed by atoms with E-state index in [1.54, 1.807) is 0 Å². The van der Waals surface area contributed by atoms with Crippen LogP contribution in [0, 0.1) is 0 Å². The van der Waals surface area contributed by atoms with Crippen molar-refractivity contribution in [1.29, 1.82) is 0 Å². The molecule has 0 aliphatic rings. The highest BCUT2D eigenvalue weighted by atomic mass is 16.4. The van der Waals surface area contributed by atoms with Crippen LogP contribution >= 0.6 is 0 Å². The van der Waals surface area contributed by atoms with Crippen LogP contribution in [0.2, 0.25) is 0 Å². The van der Waals surface area contributed by atoms with Gasteiger partial charge in [0.25, 0.3) is 0 Å². The van der Waals surface area contributed by atoms with E-state index >= 15 is 0 Å². The summed E-state index contributed by atoms with van der Waals surface area (Å²) in [7, 11) is 0. The Morgan fingerprint density at radius 2 is 0.963 bits per heavy atom. The Bertz CT molecular complexity index is 310. The van der Waals surface area contributed by atoms with Crippen molar-refractivity contribution in [2.24, 2.45) is 0 Å². The molecule has 0 aromatic heterocycles. The van der Waals surface area contributed by atoms with Gasteiger partial charge in [0.05, 0.1) is 6.54 Å². The molecule has 27 heavy (non-hydrogen) atoms. The molecule has 0 saturated carbocycles. The Labute approximate surface area is 170 Å². The second-order valence-electron chi connectivity index (χ2n) is 8.51. The minimum atomic E-state index is -0.838. The zero-order valence-corrected chi connectivity index (χ0v) is 18.8. The van der Waals surface area contributed by atoms with Crippen LogP contribution in [0.25, 0.3) is 0 Å². The highest BCUT2D eigenvalue weighted by Crippen LogP contribution is 2.20. The van der Waals surface area contributed by atoms with Gasteiger partial charge in [0.2, 0.25) is 0 Å². The van der Waals surface area contributed by atoms with Crippen molar-refractivity contribution in [3.8, 4) is 0 Å². The third-order valence-corrected chi connectivity index (χ3v) is 5.95. The van der Waals surface area contributed by atoms with E-state index in [2.05, 4.69) is 20.8 Å². The molecule has 0 saturated heterocycles. The number of carbonyl (C=O) groups excluding carboxylic acids is 1. The van der Waals surface area contributed by atoms with Crippen molar-refractivity contribution >= 4 is 5.97 Å². The van der Waals surface area contributed by atoms with E-state index in [1.807, 2.05) is 5.32 Å². The molecule has 0 rings (SSSR count). The van der Waals surface area contributed by atoms with E-state index in [9.17, 15) is 9.90 Å². The van der Waals surface area contributed by atoms with Crippen LogP contribution in [0.15, 0.2) is 0 Å². The second-order valence-corrected chi connectivity index (χ2v) is 8.51. The van der Waals surface area contributed by atoms with Gasteiger partial charge in [-0.05, 0) is 19.8 Å². The topological polar surface area (TPSA) is 56.7 Å². The number of quaternary nitrogens is 1. The first-order chi connectivity index (χ1) is 13.1. The van der Waals surface area contributed by atoms with Crippen LogP contribution in [-0.4, -0.2) is 18.1 Å². The largest absolute Gasteiger partial charge is 0.544 e. The fourth-order valence-corrected chi connectivity index (χ4v) is 4.16. The van der Waals surface area contributed by atoms with E-state index in [0.29, 0.717) is 0 Å². The number of hydrogen-bond donors (Lipinski definition) is 1. The lowest BCUT2D eigenvalue weighted by molar-refractivity contribution is -0.719. The van der Waals surface area contributed by atoms with Gasteiger partial charge in [-0.3, -0.25) is 0 Å². The number of likely N-dealkylation sites (N-methyl/N-ethyl adjacent to an activating group) is 1. The van der Waals surface area contributed by atoms with Crippen LogP contribution in [0.3, 0.4) is 0 Å². The van der Waals surface area contributed by atoms with Gasteiger partial charge in [-0.1, -0.05) is 104 Å². The van der Waals surface area contributed by atoms with Gasteiger partial charge >= 0.3 is 0 Å². The smallest absolute Gasteiger partial charge is 0.136 e. The van der Waals surface area contributed by atoms with Crippen LogP contribution in [0.4, 0.5) is 0 Å². The van der Waals surface area contributed by atoms with Crippen molar-refractivity contribution < 1.29 is 15.2 Å². The summed E-state index contributed by atoms with van der Waals surface area (Å²) in [6, 6.07) is 0. The Kier molecular flexibility index (Phi) is 18.4. The van der Waals surface area contributed by atoms with Crippen molar-refractivity contribution in [3.05, 3.63) is 0 Å². The highest BCUT2D eigenvalue weighted by molar-refractivity contribution is 5.74. The molecule has 162 valence electrons. The lowest BCUT2D eigenvalue weighted by atomic mass is 9.86. The molecular weight excluding hydrogens is 334 g/mol. The number of carboxylic acids is 1. The van der Waals surface area contributed by atoms with Gasteiger partial charge in [0, 0.05) is 12.8 Å². The lowest BCUT2D eigenvalue weighted by Crippen LogP contribution is -3.00. The zero-order valence-electron chi connectivity index (χ0n) is 18.8. The molecule has 2 N–H and O–H groups in total. The highest BCUT2D eigenvalue weighted by Gasteiger charge is 2.33. The van der Waals surface area contributed by atoms with Crippen LogP contribution in [-0.2, 0) is 4.79 Å². The summed E-state index contributed by atoms with van der Waals surface area (Å²) in [6.07, 6.45) is 21.6. The third kappa shape index (κ3) is 14.1. The van der Waals surface area contributed by atoms with E-state index in [-0.39, 0.29) is 0 Å². The molecule has 0 radical (unpaired) electrons. The molecule has 0 amide bonds. The third-order valence-electron chi connectivity index (χ3n) is 5.95. The van der Waals surface area contributed by atoms with E-state index < -0.39 is 11.5 Å². The second kappa shape index (κ2) is 18.8. The summed E-state index contributed by atoms with van der Waals surface area (Å²) >= 11 is 0. The minimum absolute atomic E-state index is 0.681. The number of aliphatic carboxylic acids is 1. The number of carbonyl (C=O) groups is 1. The molecule has 0 fully saturated rings. The molecule has 0 atom stereocenters. The maximum absolute atomic E-state index is 11.9. The number of carboxylic acid groups (broad SMARTS) is 1. The normalized spacial score (nSPS) is 11.8. The molecule has 0 aliphatic heterocycles. The average Bonchev–Trinajstić information content (AvgIpc) is 2.65. The quantitative estimate of drug-likeness (QED) is 0.280. The summed E-state index contributed by atoms with van der Waals surface area (Å²) < 4.78 is 0. The van der Waals surface area contributed by atoms with Crippen molar-refractivity contribution in [3.63, 3.8) is 0 Å². The van der Waals surface area contributed by atoms with Crippen LogP contribution in [0.1, 0.15) is 136 Å². The van der Waals surface area contributed by atoms with Crippen LogP contribution in [0.5, 0.6) is 0 Å². The molecule has 3 heteroatoms. The first kappa shape index (κ1) is 26.4. The number of nitrogens with two attached hydrogens (primary N) is 1. The SMILES string of the molecule is CCCCCCCCCCC(CCCCCCCCCC)([NH2+]CC)C(=O)[O-]. The summed E-state index contributed by atoms with van der Waals surface area (Å²) in [6.45, 7) is 7.37. The summed E-state index contributed by atoms with van der Waals surface area (Å²) in [5, 5.41) is 14.0. The van der Waals surface area contributed by atoms with Gasteiger partial charge in [-0.15, -0.1) is 0 Å². The zero-order chi connectivity index (χ0) is 20.2. The maximum atomic E-state index is 11.9. The van der Waals surface area contributed by atoms with Crippen LogP contribution < -0.4 is 10.4 Å². The fraction of sp³-hybridized carbons (Fsp3) is 0.958. The molecule has 0 aromatic rings. The Balaban J connectivity index is 4.07. The summed E-state index contributed by atoms with van der Waals surface area (Å²) in [5.41, 5.74) is -0.681. The predicted molar refractivity (Wildman–Crippen MR) is 115 cm³/mol. The van der Waals surface area contributed by atoms with E-state index in [0.717, 1.165) is 45.1 Å². The van der Waals surface area contributed by atoms with Crippen molar-refractivity contribution in [1.82, 2.24) is 0 Å². The molecule has 0 spiro atoms. The number of unbranched alkanes of at least 4 members (excludes halogenated alkanes) is 14. The van der Waals surface area contributed by atoms with Gasteiger partial charge in [0.15, 0.2) is 0 Å². The molecule has 0 heterocycles. The average molecular weight is 384 g/mol. The standard InChI is InChI=1S/C24H49NO2/c1-4-7-9-11-13-15-17-19-21-24(23(26)27,25-6-3)22-20-18-16-14-12-10-8-5-2/h25H,4-22H2,1-3H3,(H,26,27). The number of rotatable bonds is 21. The first-order valence-corrected chi connectivity index (χ1v) is 12.2. The molecule has 0 unspecified atom stereocenters.